The molecule has 4 amide bonds. The van der Waals surface area contributed by atoms with E-state index in [2.05, 4.69) is 16.0 Å². The van der Waals surface area contributed by atoms with Crippen molar-refractivity contribution < 1.29 is 29.1 Å². The Labute approximate surface area is 265 Å². The van der Waals surface area contributed by atoms with Gasteiger partial charge in [-0.15, -0.1) is 0 Å². The molecule has 2 aromatic carbocycles. The van der Waals surface area contributed by atoms with Crippen LogP contribution in [0.1, 0.15) is 58.1 Å². The highest BCUT2D eigenvalue weighted by molar-refractivity contribution is 5.96. The van der Waals surface area contributed by atoms with Crippen LogP contribution >= 0.6 is 0 Å². The first-order valence-corrected chi connectivity index (χ1v) is 15.7. The summed E-state index contributed by atoms with van der Waals surface area (Å²) >= 11 is 0. The molecule has 0 radical (unpaired) electrons. The number of nitrogens with zero attached hydrogens (tertiary/aromatic N) is 1. The van der Waals surface area contributed by atoms with Crippen molar-refractivity contribution in [2.75, 3.05) is 6.54 Å². The third kappa shape index (κ3) is 9.87. The van der Waals surface area contributed by atoms with Gasteiger partial charge in [-0.3, -0.25) is 19.2 Å². The molecule has 1 heterocycles. The Morgan fingerprint density at radius 2 is 1.42 bits per heavy atom. The summed E-state index contributed by atoms with van der Waals surface area (Å²) in [5.41, 5.74) is 7.83. The molecule has 11 nitrogen and oxygen atoms in total. The van der Waals surface area contributed by atoms with Gasteiger partial charge in [0, 0.05) is 13.0 Å². The molecule has 11 heteroatoms. The predicted octanol–water partition coefficient (Wildman–Crippen LogP) is 2.03. The summed E-state index contributed by atoms with van der Waals surface area (Å²) in [6.45, 7) is 7.63. The van der Waals surface area contributed by atoms with Crippen molar-refractivity contribution in [3.05, 3.63) is 71.8 Å². The van der Waals surface area contributed by atoms with Crippen LogP contribution in [0.4, 0.5) is 0 Å². The Morgan fingerprint density at radius 3 is 1.96 bits per heavy atom. The van der Waals surface area contributed by atoms with E-state index in [1.807, 2.05) is 57.2 Å². The van der Waals surface area contributed by atoms with Crippen LogP contribution in [0, 0.1) is 11.8 Å². The van der Waals surface area contributed by atoms with Crippen LogP contribution in [0.3, 0.4) is 0 Å². The first-order valence-electron chi connectivity index (χ1n) is 15.7. The molecule has 0 aliphatic carbocycles. The van der Waals surface area contributed by atoms with Crippen molar-refractivity contribution in [2.45, 2.75) is 90.0 Å². The summed E-state index contributed by atoms with van der Waals surface area (Å²) in [5, 5.41) is 18.0. The minimum atomic E-state index is -1.18. The monoisotopic (exact) mass is 621 g/mol. The number of nitrogens with two attached hydrogens (primary N) is 1. The fourth-order valence-electron chi connectivity index (χ4n) is 5.48. The van der Waals surface area contributed by atoms with Crippen molar-refractivity contribution in [3.63, 3.8) is 0 Å². The van der Waals surface area contributed by atoms with Crippen molar-refractivity contribution in [2.24, 2.45) is 17.6 Å². The van der Waals surface area contributed by atoms with E-state index < -0.39 is 53.9 Å². The molecular weight excluding hydrogens is 574 g/mol. The Hall–Kier alpha value is -4.25. The Bertz CT molecular complexity index is 1300. The number of hydrogen-bond acceptors (Lipinski definition) is 6. The van der Waals surface area contributed by atoms with Gasteiger partial charge in [0.1, 0.15) is 24.2 Å². The maximum atomic E-state index is 13.8. The van der Waals surface area contributed by atoms with Gasteiger partial charge in [0.15, 0.2) is 0 Å². The Morgan fingerprint density at radius 1 is 0.844 bits per heavy atom. The first kappa shape index (κ1) is 35.2. The Balaban J connectivity index is 1.69. The van der Waals surface area contributed by atoms with Gasteiger partial charge in [-0.1, -0.05) is 94.8 Å². The van der Waals surface area contributed by atoms with Crippen LogP contribution in [0.2, 0.25) is 0 Å². The molecular formula is C34H47N5O6. The number of amides is 4. The molecule has 0 saturated carbocycles. The molecule has 0 bridgehead atoms. The second kappa shape index (κ2) is 16.7. The topological polar surface area (TPSA) is 171 Å². The van der Waals surface area contributed by atoms with Gasteiger partial charge in [-0.2, -0.15) is 0 Å². The van der Waals surface area contributed by atoms with Crippen molar-refractivity contribution >= 4 is 29.6 Å². The van der Waals surface area contributed by atoms with E-state index in [4.69, 9.17) is 5.73 Å². The van der Waals surface area contributed by atoms with E-state index in [0.29, 0.717) is 32.2 Å². The number of hydrogen-bond donors (Lipinski definition) is 5. The predicted molar refractivity (Wildman–Crippen MR) is 171 cm³/mol. The van der Waals surface area contributed by atoms with E-state index in [0.717, 1.165) is 11.1 Å². The SMILES string of the molecule is CC[C@H](C)[C@H](NC(=O)[C@@H]1CCCN1C(=O)[C@@H](NC(=O)[C@@H](N)Cc1ccccc1)C(C)C)C(=O)N[C@@H](Cc1ccccc1)C(=O)O. The zero-order chi connectivity index (χ0) is 33.1. The normalized spacial score (nSPS) is 17.9. The van der Waals surface area contributed by atoms with Crippen molar-refractivity contribution in [3.8, 4) is 0 Å². The standard InChI is InChI=1S/C34H47N5O6/c1-5-22(4)29(32(42)36-26(34(44)45)20-24-15-10-7-11-16-24)38-31(41)27-17-12-18-39(27)33(43)28(21(2)3)37-30(40)25(35)19-23-13-8-6-9-14-23/h6-11,13-16,21-22,25-29H,5,12,17-20,35H2,1-4H3,(H,36,42)(H,37,40)(H,38,41)(H,44,45)/t22-,25-,26-,27-,28-,29-/m0/s1. The zero-order valence-corrected chi connectivity index (χ0v) is 26.6. The third-order valence-corrected chi connectivity index (χ3v) is 8.39. The molecule has 244 valence electrons. The van der Waals surface area contributed by atoms with E-state index in [1.54, 1.807) is 31.2 Å². The molecule has 6 N–H and O–H groups in total. The lowest BCUT2D eigenvalue weighted by Gasteiger charge is -2.32. The quantitative estimate of drug-likeness (QED) is 0.203. The summed E-state index contributed by atoms with van der Waals surface area (Å²) in [5.74, 6) is -3.70. The van der Waals surface area contributed by atoms with Crippen LogP contribution in [0.25, 0.3) is 0 Å². The third-order valence-electron chi connectivity index (χ3n) is 8.39. The largest absolute Gasteiger partial charge is 0.480 e. The maximum absolute atomic E-state index is 13.8. The molecule has 0 aromatic heterocycles. The zero-order valence-electron chi connectivity index (χ0n) is 26.6. The second-order valence-electron chi connectivity index (χ2n) is 12.2. The van der Waals surface area contributed by atoms with Crippen LogP contribution in [0.5, 0.6) is 0 Å². The minimum absolute atomic E-state index is 0.0886. The van der Waals surface area contributed by atoms with E-state index in [1.165, 1.54) is 4.90 Å². The molecule has 1 aliphatic heterocycles. The molecule has 1 fully saturated rings. The minimum Gasteiger partial charge on any atom is -0.480 e. The van der Waals surface area contributed by atoms with Crippen molar-refractivity contribution in [1.29, 1.82) is 0 Å². The lowest BCUT2D eigenvalue weighted by atomic mass is 9.96. The molecule has 6 atom stereocenters. The van der Waals surface area contributed by atoms with Gasteiger partial charge in [0.05, 0.1) is 6.04 Å². The maximum Gasteiger partial charge on any atom is 0.326 e. The molecule has 1 aliphatic rings. The van der Waals surface area contributed by atoms with Crippen molar-refractivity contribution in [1.82, 2.24) is 20.9 Å². The fraction of sp³-hybridized carbons (Fsp3) is 0.500. The highest BCUT2D eigenvalue weighted by atomic mass is 16.4. The Kier molecular flexibility index (Phi) is 13.1. The summed E-state index contributed by atoms with van der Waals surface area (Å²) in [7, 11) is 0. The number of aliphatic carboxylic acids is 1. The number of carboxylic acid groups (broad SMARTS) is 1. The number of benzene rings is 2. The van der Waals surface area contributed by atoms with Gasteiger partial charge >= 0.3 is 5.97 Å². The molecule has 1 saturated heterocycles. The summed E-state index contributed by atoms with van der Waals surface area (Å²) in [6.07, 6.45) is 1.92. The van der Waals surface area contributed by atoms with E-state index in [9.17, 15) is 29.1 Å². The van der Waals surface area contributed by atoms with Crippen LogP contribution in [0.15, 0.2) is 60.7 Å². The summed E-state index contributed by atoms with van der Waals surface area (Å²) in [6, 6.07) is 13.6. The summed E-state index contributed by atoms with van der Waals surface area (Å²) < 4.78 is 0. The number of likely N-dealkylation sites (tertiary alicyclic amines) is 1. The number of rotatable bonds is 15. The average Bonchev–Trinajstić information content (AvgIpc) is 3.52. The average molecular weight is 622 g/mol. The van der Waals surface area contributed by atoms with Gasteiger partial charge in [-0.05, 0) is 42.2 Å². The van der Waals surface area contributed by atoms with Crippen LogP contribution < -0.4 is 21.7 Å². The van der Waals surface area contributed by atoms with E-state index in [-0.39, 0.29) is 24.2 Å². The van der Waals surface area contributed by atoms with Gasteiger partial charge in [-0.25, -0.2) is 4.79 Å². The van der Waals surface area contributed by atoms with Gasteiger partial charge in [0.25, 0.3) is 0 Å². The number of carboxylic acids is 1. The second-order valence-corrected chi connectivity index (χ2v) is 12.2. The van der Waals surface area contributed by atoms with Crippen LogP contribution in [-0.4, -0.2) is 76.4 Å². The molecule has 0 unspecified atom stereocenters. The lowest BCUT2D eigenvalue weighted by molar-refractivity contribution is -0.144. The smallest absolute Gasteiger partial charge is 0.326 e. The molecule has 45 heavy (non-hydrogen) atoms. The highest BCUT2D eigenvalue weighted by Gasteiger charge is 2.41. The number of nitrogens with one attached hydrogen (secondary N) is 3. The number of carbonyl (C=O) groups is 5. The summed E-state index contributed by atoms with van der Waals surface area (Å²) in [4.78, 5) is 67.3. The van der Waals surface area contributed by atoms with Gasteiger partial charge < -0.3 is 31.7 Å². The van der Waals surface area contributed by atoms with E-state index >= 15 is 0 Å². The molecule has 0 spiro atoms. The van der Waals surface area contributed by atoms with Gasteiger partial charge in [0.2, 0.25) is 23.6 Å². The van der Waals surface area contributed by atoms with Crippen LogP contribution in [-0.2, 0) is 36.8 Å². The molecule has 2 aromatic rings. The highest BCUT2D eigenvalue weighted by Crippen LogP contribution is 2.22. The lowest BCUT2D eigenvalue weighted by Crippen LogP contribution is -2.60. The number of carbonyl (C=O) groups excluding carboxylic acids is 4. The molecule has 3 rings (SSSR count). The fourth-order valence-corrected chi connectivity index (χ4v) is 5.48. The first-order chi connectivity index (χ1) is 21.4.